The van der Waals surface area contributed by atoms with Crippen LogP contribution in [0.4, 0.5) is 0 Å². The summed E-state index contributed by atoms with van der Waals surface area (Å²) in [5.41, 5.74) is 1.80. The molecule has 544 valence electrons. The second kappa shape index (κ2) is 39.5. The molecular formula is C77H145Al3K3N3O5PdSi6. The van der Waals surface area contributed by atoms with Crippen molar-refractivity contribution in [3.63, 3.8) is 0 Å². The molecular weight excluding hydrogens is 1520 g/mol. The maximum absolute atomic E-state index is 4.94. The van der Waals surface area contributed by atoms with Gasteiger partial charge >= 0.3 is 46.3 Å². The monoisotopic (exact) mass is 1660 g/mol. The molecule has 0 spiro atoms. The molecule has 8 heterocycles. The van der Waals surface area contributed by atoms with Crippen LogP contribution in [0.5, 0.6) is 0 Å². The van der Waals surface area contributed by atoms with E-state index in [0.717, 1.165) is 119 Å². The summed E-state index contributed by atoms with van der Waals surface area (Å²) in [6, 6.07) is 0. The van der Waals surface area contributed by atoms with E-state index in [1.807, 2.05) is 0 Å². The van der Waals surface area contributed by atoms with Crippen molar-refractivity contribution in [2.24, 2.45) is 53.3 Å². The average Bonchev–Trinajstić information content (AvgIpc) is 1.48. The van der Waals surface area contributed by atoms with Crippen LogP contribution in [0.25, 0.3) is 0 Å². The first-order valence-corrected chi connectivity index (χ1v) is 64.3. The molecule has 20 rings (SSSR count). The zero-order valence-corrected chi connectivity index (χ0v) is 88.3. The molecule has 21 heteroatoms. The number of allylic oxidation sites excluding steroid dienone is 3. The Morgan fingerprint density at radius 1 is 0.255 bits per heavy atom. The topological polar surface area (TPSA) is 55.9 Å². The van der Waals surface area contributed by atoms with E-state index in [2.05, 4.69) is 166 Å². The fraction of sp³-hybridized carbons (Fsp3) is 0.922. The van der Waals surface area contributed by atoms with Gasteiger partial charge in [-0.15, -0.1) is 0 Å². The normalized spacial score (nSPS) is 35.3. The molecule has 8 nitrogen and oxygen atoms in total. The number of rotatable bonds is 9. The molecule has 6 radical (unpaired) electrons. The molecule has 17 fully saturated rings. The van der Waals surface area contributed by atoms with E-state index in [9.17, 15) is 0 Å². The summed E-state index contributed by atoms with van der Waals surface area (Å²) in [4.78, 5) is 0. The molecule has 0 atom stereocenters. The Hall–Kier alpha value is 6.89. The predicted octanol–water partition coefficient (Wildman–Crippen LogP) is 18.8. The van der Waals surface area contributed by atoms with Crippen LogP contribution in [0.3, 0.4) is 0 Å². The van der Waals surface area contributed by atoms with Gasteiger partial charge in [-0.25, -0.2) is 0 Å². The van der Waals surface area contributed by atoms with Crippen molar-refractivity contribution in [2.75, 3.05) is 66.1 Å². The van der Waals surface area contributed by atoms with E-state index in [-0.39, 0.29) is 175 Å². The van der Waals surface area contributed by atoms with Crippen molar-refractivity contribution in [1.82, 2.24) is 11.7 Å². The van der Waals surface area contributed by atoms with Crippen LogP contribution in [0.1, 0.15) is 180 Å². The maximum atomic E-state index is 4.94. The molecule has 0 amide bonds. The third kappa shape index (κ3) is 22.5. The number of ether oxygens (including phenoxy) is 5. The summed E-state index contributed by atoms with van der Waals surface area (Å²) < 4.78 is 35.6. The van der Waals surface area contributed by atoms with E-state index in [1.165, 1.54) is 122 Å². The predicted molar refractivity (Wildman–Crippen MR) is 439 cm³/mol. The minimum atomic E-state index is -1.20. The van der Waals surface area contributed by atoms with Crippen LogP contribution in [0.2, 0.25) is 128 Å². The van der Waals surface area contributed by atoms with Crippen LogP contribution >= 0.6 is 0 Å². The first-order chi connectivity index (χ1) is 44.1. The second-order valence-corrected chi connectivity index (χ2v) is 82.8. The van der Waals surface area contributed by atoms with Gasteiger partial charge in [-0.1, -0.05) is 136 Å². The van der Waals surface area contributed by atoms with Crippen LogP contribution in [-0.2, 0) is 44.1 Å². The first kappa shape index (κ1) is 93.7. The zero-order chi connectivity index (χ0) is 67.7. The summed E-state index contributed by atoms with van der Waals surface area (Å²) in [7, 11) is -7.17. The Balaban J connectivity index is 0.000000193. The number of hydrogen-bond donors (Lipinski definition) is 0. The largest absolute Gasteiger partial charge is 0.471 e. The molecule has 20 aliphatic rings. The number of nitrogens with zero attached hydrogens (tertiary/aromatic N) is 3. The molecule has 0 aromatic carbocycles. The van der Waals surface area contributed by atoms with Crippen molar-refractivity contribution in [2.45, 2.75) is 325 Å². The smallest absolute Gasteiger partial charge is 0.375 e. The Kier molecular flexibility index (Phi) is 37.8. The number of hydrogen-bond acceptors (Lipinski definition) is 8. The summed E-state index contributed by atoms with van der Waals surface area (Å²) in [5, 5.41) is 0. The van der Waals surface area contributed by atoms with Gasteiger partial charge in [-0.05, 0) is 262 Å². The van der Waals surface area contributed by atoms with Gasteiger partial charge in [-0.3, -0.25) is 0 Å². The Labute approximate surface area is 772 Å². The third-order valence-electron chi connectivity index (χ3n) is 27.8. The molecule has 0 N–H and O–H groups in total. The molecule has 5 saturated heterocycles. The Morgan fingerprint density at radius 3 is 0.480 bits per heavy atom. The van der Waals surface area contributed by atoms with Crippen LogP contribution < -0.4 is 0 Å². The summed E-state index contributed by atoms with van der Waals surface area (Å²) in [6.45, 7) is 57.6. The summed E-state index contributed by atoms with van der Waals surface area (Å²) in [5.74, 6) is 9.65. The SMILES string of the molecule is C1CCOC1.C1CCOC1.C1CCOC1.C1CCOC1.C1CCOC1.C[Si](C)(C)[C]1([Si](C)(C)C)C=C[N](C23CC4CC(CC(C4)C2)C3)[Al]1.C[Si](C)(C)[C]1([Si](C)(C)C)C=C[N](C23CC4CC(CC(C4)C2)C3)[Al]1.C[Si](C)(C)[C]1([Si](C)(C)C)C=C[N](C23CC4CC(CC(C4)C2)C3)[Al]1.[K].[K].[K].[Pd]. The minimum absolute atomic E-state index is 0. The maximum Gasteiger partial charge on any atom is 0.375 e. The molecule has 8 aliphatic heterocycles. The second-order valence-electron chi connectivity index (χ2n) is 40.7. The summed E-state index contributed by atoms with van der Waals surface area (Å²) >= 11 is 1.28. The van der Waals surface area contributed by atoms with Gasteiger partial charge in [0, 0.05) is 306 Å². The van der Waals surface area contributed by atoms with E-state index in [1.54, 1.807) is 57.8 Å². The molecule has 98 heavy (non-hydrogen) atoms. The molecule has 12 bridgehead atoms. The van der Waals surface area contributed by atoms with E-state index < -0.39 is 48.4 Å². The average molecular weight is 1670 g/mol. The molecule has 0 aromatic rings. The molecule has 12 saturated carbocycles. The van der Waals surface area contributed by atoms with Gasteiger partial charge < -0.3 is 35.3 Å². The van der Waals surface area contributed by atoms with Gasteiger partial charge in [-0.2, -0.15) is 0 Å². The van der Waals surface area contributed by atoms with Crippen molar-refractivity contribution in [1.29, 1.82) is 0 Å². The van der Waals surface area contributed by atoms with Crippen molar-refractivity contribution in [3.05, 3.63) is 36.8 Å². The third-order valence-corrected chi connectivity index (χ3v) is 79.9. The zero-order valence-electron chi connectivity index (χ0n) is 68.0. The fourth-order valence-corrected chi connectivity index (χ4v) is 70.5. The Morgan fingerprint density at radius 2 is 0.388 bits per heavy atom. The van der Waals surface area contributed by atoms with Crippen molar-refractivity contribution >= 4 is 249 Å². The van der Waals surface area contributed by atoms with Gasteiger partial charge in [0.05, 0.1) is 0 Å². The fourth-order valence-electron chi connectivity index (χ4n) is 24.1. The van der Waals surface area contributed by atoms with Crippen molar-refractivity contribution in [3.8, 4) is 0 Å². The quantitative estimate of drug-likeness (QED) is 0.212. The van der Waals surface area contributed by atoms with Crippen molar-refractivity contribution < 1.29 is 44.1 Å². The minimum Gasteiger partial charge on any atom is -0.471 e. The summed E-state index contributed by atoms with van der Waals surface area (Å²) in [6.07, 6.45) is 56.9. The van der Waals surface area contributed by atoms with Crippen LogP contribution in [0.15, 0.2) is 36.8 Å². The van der Waals surface area contributed by atoms with Gasteiger partial charge in [0.25, 0.3) is 0 Å². The van der Waals surface area contributed by atoms with E-state index in [0.29, 0.717) is 73.5 Å². The van der Waals surface area contributed by atoms with Gasteiger partial charge in [0.1, 0.15) is 0 Å². The molecule has 0 unspecified atom stereocenters. The van der Waals surface area contributed by atoms with Crippen LogP contribution in [-0.4, -0.2) is 343 Å². The first-order valence-electron chi connectivity index (χ1n) is 40.0. The van der Waals surface area contributed by atoms with E-state index in [4.69, 9.17) is 23.7 Å². The van der Waals surface area contributed by atoms with Gasteiger partial charge in [0.15, 0.2) is 0 Å². The standard InChI is InChI=1S/3C19H35NSi2.5C4H8O.3Al.3K.Pd/c3*1-21(2,3)18(22(4,5)6)7-8-20-19-12-15-9-16(13-19)11-17(10-15)14-19;5*1-2-4-5-3-1;;;;;;;/h3*7-8,15-17H,9-14H2,1-6H3;5*1-4H2;;;;;;;/q3*-1;;;;;;3*+1;;;;. The van der Waals surface area contributed by atoms with E-state index >= 15 is 0 Å². The molecule has 12 aliphatic carbocycles. The Bertz CT molecular complexity index is 2050. The van der Waals surface area contributed by atoms with Crippen LogP contribution in [0, 0.1) is 53.3 Å². The molecule has 0 aromatic heterocycles. The van der Waals surface area contributed by atoms with Gasteiger partial charge in [0.2, 0.25) is 0 Å².